The van der Waals surface area contributed by atoms with Crippen LogP contribution in [0.4, 0.5) is 5.82 Å². The van der Waals surface area contributed by atoms with Crippen molar-refractivity contribution in [1.82, 2.24) is 15.0 Å². The Kier molecular flexibility index (Phi) is 2.87. The number of halogens is 1. The highest BCUT2D eigenvalue weighted by Gasteiger charge is 2.11. The maximum Gasteiger partial charge on any atom is 0.180 e. The molecule has 2 aromatic heterocycles. The lowest BCUT2D eigenvalue weighted by Gasteiger charge is -2.06. The van der Waals surface area contributed by atoms with Crippen LogP contribution in [0.25, 0.3) is 22.6 Å². The molecule has 0 aliphatic carbocycles. The first-order valence-corrected chi connectivity index (χ1v) is 6.43. The molecule has 6 heteroatoms. The van der Waals surface area contributed by atoms with Gasteiger partial charge in [0.2, 0.25) is 0 Å². The quantitative estimate of drug-likeness (QED) is 0.761. The van der Waals surface area contributed by atoms with E-state index in [1.54, 1.807) is 13.2 Å². The zero-order valence-corrected chi connectivity index (χ0v) is 11.7. The molecule has 0 amide bonds. The summed E-state index contributed by atoms with van der Waals surface area (Å²) >= 11 is 3.41. The molecule has 19 heavy (non-hydrogen) atoms. The fraction of sp³-hybridized carbons (Fsp3) is 0.0769. The van der Waals surface area contributed by atoms with Crippen LogP contribution in [0.2, 0.25) is 0 Å². The van der Waals surface area contributed by atoms with Gasteiger partial charge in [-0.15, -0.1) is 0 Å². The number of imidazole rings is 1. The van der Waals surface area contributed by atoms with Crippen molar-refractivity contribution in [3.8, 4) is 17.1 Å². The summed E-state index contributed by atoms with van der Waals surface area (Å²) in [4.78, 5) is 11.8. The highest BCUT2D eigenvalue weighted by Crippen LogP contribution is 2.31. The number of aromatic amines is 1. The summed E-state index contributed by atoms with van der Waals surface area (Å²) in [6, 6.07) is 9.36. The van der Waals surface area contributed by atoms with Gasteiger partial charge in [-0.1, -0.05) is 15.9 Å². The lowest BCUT2D eigenvalue weighted by atomic mass is 10.2. The minimum absolute atomic E-state index is 0.452. The standard InChI is InChI=1S/C13H11BrN4O/c1-19-10-6-7(14)2-3-8(10)12-16-9-4-5-11(15)17-13(9)18-12/h2-6H,1H3,(H3,15,16,17,18). The predicted molar refractivity (Wildman–Crippen MR) is 78.0 cm³/mol. The average molecular weight is 319 g/mol. The van der Waals surface area contributed by atoms with Gasteiger partial charge in [0.25, 0.3) is 0 Å². The molecule has 0 saturated carbocycles. The molecule has 2 heterocycles. The highest BCUT2D eigenvalue weighted by atomic mass is 79.9. The summed E-state index contributed by atoms with van der Waals surface area (Å²) in [6.07, 6.45) is 0. The summed E-state index contributed by atoms with van der Waals surface area (Å²) in [5.41, 5.74) is 7.97. The minimum Gasteiger partial charge on any atom is -0.496 e. The molecule has 0 saturated heterocycles. The molecule has 3 N–H and O–H groups in total. The number of H-pyrrole nitrogens is 1. The summed E-state index contributed by atoms with van der Waals surface area (Å²) in [7, 11) is 1.63. The van der Waals surface area contributed by atoms with Crippen LogP contribution >= 0.6 is 15.9 Å². The second-order valence-electron chi connectivity index (χ2n) is 4.04. The lowest BCUT2D eigenvalue weighted by Crippen LogP contribution is -1.89. The Morgan fingerprint density at radius 3 is 2.84 bits per heavy atom. The molecular formula is C13H11BrN4O. The van der Waals surface area contributed by atoms with Gasteiger partial charge in [0.1, 0.15) is 17.4 Å². The molecule has 5 nitrogen and oxygen atoms in total. The number of nitrogens with zero attached hydrogens (tertiary/aromatic N) is 2. The topological polar surface area (TPSA) is 76.8 Å². The molecule has 0 spiro atoms. The first kappa shape index (κ1) is 12.0. The average Bonchev–Trinajstić information content (AvgIpc) is 2.81. The van der Waals surface area contributed by atoms with Crippen molar-refractivity contribution in [2.75, 3.05) is 12.8 Å². The Labute approximate surface area is 118 Å². The highest BCUT2D eigenvalue weighted by molar-refractivity contribution is 9.10. The molecule has 0 atom stereocenters. The normalized spacial score (nSPS) is 10.8. The van der Waals surface area contributed by atoms with E-state index in [-0.39, 0.29) is 0 Å². The van der Waals surface area contributed by atoms with Gasteiger partial charge in [-0.3, -0.25) is 0 Å². The second kappa shape index (κ2) is 4.55. The molecule has 0 fully saturated rings. The Morgan fingerprint density at radius 2 is 2.05 bits per heavy atom. The van der Waals surface area contributed by atoms with E-state index in [1.807, 2.05) is 24.3 Å². The third-order valence-corrected chi connectivity index (χ3v) is 3.28. The molecule has 0 aliphatic heterocycles. The third-order valence-electron chi connectivity index (χ3n) is 2.79. The molecule has 96 valence electrons. The van der Waals surface area contributed by atoms with Crippen LogP contribution < -0.4 is 10.5 Å². The van der Waals surface area contributed by atoms with Gasteiger partial charge in [0, 0.05) is 4.47 Å². The van der Waals surface area contributed by atoms with E-state index in [1.165, 1.54) is 0 Å². The Bertz CT molecular complexity index is 753. The monoisotopic (exact) mass is 318 g/mol. The first-order valence-electron chi connectivity index (χ1n) is 5.63. The van der Waals surface area contributed by atoms with Crippen LogP contribution in [0.1, 0.15) is 0 Å². The molecule has 3 rings (SSSR count). The van der Waals surface area contributed by atoms with Crippen molar-refractivity contribution in [2.45, 2.75) is 0 Å². The van der Waals surface area contributed by atoms with Gasteiger partial charge in [0.15, 0.2) is 5.65 Å². The number of nitrogens with two attached hydrogens (primary N) is 1. The molecule has 0 aliphatic rings. The van der Waals surface area contributed by atoms with E-state index in [9.17, 15) is 0 Å². The number of nitrogen functional groups attached to an aromatic ring is 1. The first-order chi connectivity index (χ1) is 9.17. The van der Waals surface area contributed by atoms with Crippen LogP contribution in [0.3, 0.4) is 0 Å². The van der Waals surface area contributed by atoms with Crippen molar-refractivity contribution in [3.63, 3.8) is 0 Å². The van der Waals surface area contributed by atoms with Crippen molar-refractivity contribution < 1.29 is 4.74 Å². The van der Waals surface area contributed by atoms with Crippen molar-refractivity contribution >= 4 is 32.9 Å². The maximum atomic E-state index is 5.65. The van der Waals surface area contributed by atoms with Gasteiger partial charge >= 0.3 is 0 Å². The maximum absolute atomic E-state index is 5.65. The summed E-state index contributed by atoms with van der Waals surface area (Å²) in [5, 5.41) is 0. The number of rotatable bonds is 2. The van der Waals surface area contributed by atoms with E-state index >= 15 is 0 Å². The number of hydrogen-bond acceptors (Lipinski definition) is 4. The fourth-order valence-corrected chi connectivity index (χ4v) is 2.24. The van der Waals surface area contributed by atoms with Crippen molar-refractivity contribution in [1.29, 1.82) is 0 Å². The number of aromatic nitrogens is 3. The number of methoxy groups -OCH3 is 1. The van der Waals surface area contributed by atoms with Crippen molar-refractivity contribution in [3.05, 3.63) is 34.8 Å². The number of ether oxygens (including phenoxy) is 1. The summed E-state index contributed by atoms with van der Waals surface area (Å²) in [6.45, 7) is 0. The molecule has 0 bridgehead atoms. The number of hydrogen-bond donors (Lipinski definition) is 2. The molecule has 3 aromatic rings. The Hall–Kier alpha value is -2.08. The molecule has 0 unspecified atom stereocenters. The zero-order valence-electron chi connectivity index (χ0n) is 10.1. The summed E-state index contributed by atoms with van der Waals surface area (Å²) in [5.74, 6) is 1.90. The number of nitrogens with one attached hydrogen (secondary N) is 1. The van der Waals surface area contributed by atoms with Gasteiger partial charge in [-0.2, -0.15) is 0 Å². The van der Waals surface area contributed by atoms with E-state index in [0.717, 1.165) is 21.3 Å². The van der Waals surface area contributed by atoms with Gasteiger partial charge < -0.3 is 15.5 Å². The number of benzene rings is 1. The third kappa shape index (κ3) is 2.15. The Morgan fingerprint density at radius 1 is 1.21 bits per heavy atom. The lowest BCUT2D eigenvalue weighted by molar-refractivity contribution is 0.416. The SMILES string of the molecule is COc1cc(Br)ccc1-c1nc2nc(N)ccc2[nH]1. The van der Waals surface area contributed by atoms with Crippen LogP contribution in [-0.4, -0.2) is 22.1 Å². The van der Waals surface area contributed by atoms with Gasteiger partial charge in [0.05, 0.1) is 18.2 Å². The van der Waals surface area contributed by atoms with Crippen LogP contribution in [0.15, 0.2) is 34.8 Å². The van der Waals surface area contributed by atoms with Crippen LogP contribution in [0, 0.1) is 0 Å². The van der Waals surface area contributed by atoms with Gasteiger partial charge in [-0.25, -0.2) is 9.97 Å². The zero-order chi connectivity index (χ0) is 13.4. The minimum atomic E-state index is 0.452. The molecule has 0 radical (unpaired) electrons. The Balaban J connectivity index is 2.18. The van der Waals surface area contributed by atoms with Crippen molar-refractivity contribution in [2.24, 2.45) is 0 Å². The van der Waals surface area contributed by atoms with Gasteiger partial charge in [-0.05, 0) is 30.3 Å². The van der Waals surface area contributed by atoms with Crippen LogP contribution in [0.5, 0.6) is 5.75 Å². The van der Waals surface area contributed by atoms with E-state index < -0.39 is 0 Å². The van der Waals surface area contributed by atoms with E-state index in [4.69, 9.17) is 10.5 Å². The number of fused-ring (bicyclic) bond motifs is 1. The molecule has 1 aromatic carbocycles. The largest absolute Gasteiger partial charge is 0.496 e. The van der Waals surface area contributed by atoms with Crippen LogP contribution in [-0.2, 0) is 0 Å². The summed E-state index contributed by atoms with van der Waals surface area (Å²) < 4.78 is 6.32. The van der Waals surface area contributed by atoms with E-state index in [2.05, 4.69) is 30.9 Å². The molecular weight excluding hydrogens is 308 g/mol. The second-order valence-corrected chi connectivity index (χ2v) is 4.95. The predicted octanol–water partition coefficient (Wildman–Crippen LogP) is 2.98. The van der Waals surface area contributed by atoms with E-state index in [0.29, 0.717) is 17.3 Å². The smallest absolute Gasteiger partial charge is 0.180 e. The number of pyridine rings is 1. The fourth-order valence-electron chi connectivity index (χ4n) is 1.90. The number of anilines is 1.